The van der Waals surface area contributed by atoms with Gasteiger partial charge in [0.1, 0.15) is 5.75 Å². The van der Waals surface area contributed by atoms with E-state index in [2.05, 4.69) is 0 Å². The third-order valence-corrected chi connectivity index (χ3v) is 2.68. The third-order valence-electron chi connectivity index (χ3n) is 2.39. The molecule has 1 unspecified atom stereocenters. The van der Waals surface area contributed by atoms with Crippen LogP contribution in [0.25, 0.3) is 0 Å². The second-order valence-electron chi connectivity index (χ2n) is 3.35. The number of nitrogens with two attached hydrogens (primary N) is 1. The van der Waals surface area contributed by atoms with Gasteiger partial charge in [-0.05, 0) is 31.0 Å². The second-order valence-corrected chi connectivity index (χ2v) is 3.76. The zero-order chi connectivity index (χ0) is 10.9. The van der Waals surface area contributed by atoms with E-state index in [1.165, 1.54) is 0 Å². The summed E-state index contributed by atoms with van der Waals surface area (Å²) in [5.74, 6) is -0.0312. The van der Waals surface area contributed by atoms with Crippen molar-refractivity contribution in [2.75, 3.05) is 6.61 Å². The van der Waals surface area contributed by atoms with E-state index in [-0.39, 0.29) is 17.4 Å². The lowest BCUT2D eigenvalue weighted by atomic mass is 9.97. The van der Waals surface area contributed by atoms with Gasteiger partial charge in [0, 0.05) is 5.56 Å². The molecule has 0 bridgehead atoms. The number of phenolic OH excluding ortho intramolecular Hbond substituents is 1. The summed E-state index contributed by atoms with van der Waals surface area (Å²) in [5.41, 5.74) is 8.01. The topological polar surface area (TPSA) is 66.5 Å². The largest absolute Gasteiger partial charge is 0.506 e. The third kappa shape index (κ3) is 1.85. The highest BCUT2D eigenvalue weighted by atomic mass is 35.5. The fourth-order valence-electron chi connectivity index (χ4n) is 1.43. The monoisotopic (exact) mass is 215 g/mol. The predicted octanol–water partition coefficient (Wildman–Crippen LogP) is 1.65. The zero-order valence-corrected chi connectivity index (χ0v) is 8.97. The molecule has 0 aliphatic carbocycles. The van der Waals surface area contributed by atoms with Crippen LogP contribution in [-0.2, 0) is 0 Å². The van der Waals surface area contributed by atoms with Gasteiger partial charge < -0.3 is 15.9 Å². The molecule has 1 atom stereocenters. The number of aliphatic hydroxyl groups excluding tert-OH is 1. The van der Waals surface area contributed by atoms with E-state index in [1.54, 1.807) is 6.07 Å². The first kappa shape index (κ1) is 11.3. The van der Waals surface area contributed by atoms with E-state index in [1.807, 2.05) is 13.8 Å². The quantitative estimate of drug-likeness (QED) is 0.703. The van der Waals surface area contributed by atoms with Crippen LogP contribution in [0.3, 0.4) is 0 Å². The smallest absolute Gasteiger partial charge is 0.139 e. The molecule has 78 valence electrons. The fraction of sp³-hybridized carbons (Fsp3) is 0.400. The number of aliphatic hydroxyl groups is 1. The number of phenols is 1. The van der Waals surface area contributed by atoms with Crippen molar-refractivity contribution in [3.05, 3.63) is 27.8 Å². The Labute approximate surface area is 88.1 Å². The minimum Gasteiger partial charge on any atom is -0.506 e. The molecule has 0 aliphatic heterocycles. The van der Waals surface area contributed by atoms with E-state index in [0.29, 0.717) is 5.56 Å². The van der Waals surface area contributed by atoms with Gasteiger partial charge in [0.2, 0.25) is 0 Å². The van der Waals surface area contributed by atoms with Crippen molar-refractivity contribution in [1.82, 2.24) is 0 Å². The molecule has 0 radical (unpaired) electrons. The highest BCUT2D eigenvalue weighted by Gasteiger charge is 2.17. The predicted molar refractivity (Wildman–Crippen MR) is 56.6 cm³/mol. The summed E-state index contributed by atoms with van der Waals surface area (Å²) >= 11 is 5.80. The van der Waals surface area contributed by atoms with Crippen LogP contribution >= 0.6 is 11.6 Å². The van der Waals surface area contributed by atoms with Crippen LogP contribution in [0.1, 0.15) is 22.7 Å². The molecule has 1 aromatic rings. The summed E-state index contributed by atoms with van der Waals surface area (Å²) in [6, 6.07) is 1.09. The summed E-state index contributed by atoms with van der Waals surface area (Å²) < 4.78 is 0. The molecule has 4 N–H and O–H groups in total. The second kappa shape index (κ2) is 4.17. The highest BCUT2D eigenvalue weighted by molar-refractivity contribution is 6.32. The van der Waals surface area contributed by atoms with Crippen molar-refractivity contribution in [2.45, 2.75) is 19.9 Å². The van der Waals surface area contributed by atoms with Gasteiger partial charge in [0.25, 0.3) is 0 Å². The van der Waals surface area contributed by atoms with Crippen molar-refractivity contribution in [2.24, 2.45) is 5.73 Å². The van der Waals surface area contributed by atoms with Gasteiger partial charge in [0.15, 0.2) is 0 Å². The molecule has 0 spiro atoms. The van der Waals surface area contributed by atoms with E-state index in [0.717, 1.165) is 11.1 Å². The van der Waals surface area contributed by atoms with Crippen LogP contribution in [-0.4, -0.2) is 16.8 Å². The number of aromatic hydroxyl groups is 1. The van der Waals surface area contributed by atoms with Gasteiger partial charge in [-0.25, -0.2) is 0 Å². The van der Waals surface area contributed by atoms with Gasteiger partial charge in [-0.1, -0.05) is 11.6 Å². The summed E-state index contributed by atoms with van der Waals surface area (Å²) in [7, 11) is 0. The number of aryl methyl sites for hydroxylation is 1. The van der Waals surface area contributed by atoms with Crippen LogP contribution < -0.4 is 5.73 Å². The molecule has 0 heterocycles. The van der Waals surface area contributed by atoms with Gasteiger partial charge in [-0.2, -0.15) is 0 Å². The Morgan fingerprint density at radius 1 is 1.50 bits per heavy atom. The molecule has 0 fully saturated rings. The molecule has 0 saturated carbocycles. The first-order chi connectivity index (χ1) is 6.49. The van der Waals surface area contributed by atoms with Crippen LogP contribution in [0.5, 0.6) is 5.75 Å². The summed E-state index contributed by atoms with van der Waals surface area (Å²) in [6.07, 6.45) is 0. The lowest BCUT2D eigenvalue weighted by Crippen LogP contribution is -2.16. The maximum absolute atomic E-state index is 9.68. The molecule has 1 rings (SSSR count). The standard InChI is InChI=1S/C10H14ClNO2/c1-5-3-7(11)10(14)9(6(5)2)8(12)4-13/h3,8,13-14H,4,12H2,1-2H3. The van der Waals surface area contributed by atoms with Gasteiger partial charge in [-0.3, -0.25) is 0 Å². The van der Waals surface area contributed by atoms with E-state index >= 15 is 0 Å². The van der Waals surface area contributed by atoms with Gasteiger partial charge in [-0.15, -0.1) is 0 Å². The Balaban J connectivity index is 3.39. The number of benzene rings is 1. The molecule has 3 nitrogen and oxygen atoms in total. The van der Waals surface area contributed by atoms with Crippen molar-refractivity contribution in [1.29, 1.82) is 0 Å². The van der Waals surface area contributed by atoms with Crippen LogP contribution in [0, 0.1) is 13.8 Å². The first-order valence-corrected chi connectivity index (χ1v) is 4.71. The lowest BCUT2D eigenvalue weighted by Gasteiger charge is -2.16. The SMILES string of the molecule is Cc1cc(Cl)c(O)c(C(N)CO)c1C. The molecule has 0 aliphatic rings. The van der Waals surface area contributed by atoms with E-state index in [4.69, 9.17) is 22.4 Å². The normalized spacial score (nSPS) is 12.9. The minimum absolute atomic E-state index is 0.0312. The maximum atomic E-state index is 9.68. The van der Waals surface area contributed by atoms with Crippen LogP contribution in [0.15, 0.2) is 6.07 Å². The Bertz CT molecular complexity index is 326. The number of hydrogen-bond donors (Lipinski definition) is 3. The van der Waals surface area contributed by atoms with Crippen molar-refractivity contribution < 1.29 is 10.2 Å². The first-order valence-electron chi connectivity index (χ1n) is 4.34. The summed E-state index contributed by atoms with van der Waals surface area (Å²) in [6.45, 7) is 3.51. The Kier molecular flexibility index (Phi) is 3.37. The van der Waals surface area contributed by atoms with E-state index < -0.39 is 6.04 Å². The number of hydrogen-bond acceptors (Lipinski definition) is 3. The molecule has 4 heteroatoms. The Morgan fingerprint density at radius 3 is 2.57 bits per heavy atom. The Hall–Kier alpha value is -0.770. The van der Waals surface area contributed by atoms with Crippen LogP contribution in [0.2, 0.25) is 5.02 Å². The summed E-state index contributed by atoms with van der Waals surface area (Å²) in [5, 5.41) is 18.9. The minimum atomic E-state index is -0.590. The zero-order valence-electron chi connectivity index (χ0n) is 8.21. The van der Waals surface area contributed by atoms with E-state index in [9.17, 15) is 5.11 Å². The lowest BCUT2D eigenvalue weighted by molar-refractivity contribution is 0.265. The number of halogens is 1. The molecule has 0 saturated heterocycles. The Morgan fingerprint density at radius 2 is 2.07 bits per heavy atom. The molecule has 0 aromatic heterocycles. The molecular formula is C10H14ClNO2. The number of rotatable bonds is 2. The van der Waals surface area contributed by atoms with Crippen molar-refractivity contribution >= 4 is 11.6 Å². The maximum Gasteiger partial charge on any atom is 0.139 e. The van der Waals surface area contributed by atoms with Gasteiger partial charge >= 0.3 is 0 Å². The summed E-state index contributed by atoms with van der Waals surface area (Å²) in [4.78, 5) is 0. The molecular weight excluding hydrogens is 202 g/mol. The fourth-order valence-corrected chi connectivity index (χ4v) is 1.70. The van der Waals surface area contributed by atoms with Crippen molar-refractivity contribution in [3.8, 4) is 5.75 Å². The molecule has 1 aromatic carbocycles. The molecule has 14 heavy (non-hydrogen) atoms. The van der Waals surface area contributed by atoms with Crippen LogP contribution in [0.4, 0.5) is 0 Å². The highest BCUT2D eigenvalue weighted by Crippen LogP contribution is 2.35. The van der Waals surface area contributed by atoms with Gasteiger partial charge in [0.05, 0.1) is 17.7 Å². The average molecular weight is 216 g/mol. The average Bonchev–Trinajstić information content (AvgIpc) is 2.15. The van der Waals surface area contributed by atoms with Crippen molar-refractivity contribution in [3.63, 3.8) is 0 Å². The molecule has 0 amide bonds.